The first-order chi connectivity index (χ1) is 15.2. The van der Waals surface area contributed by atoms with E-state index in [0.717, 1.165) is 0 Å². The Morgan fingerprint density at radius 2 is 1.53 bits per heavy atom. The minimum Gasteiger partial charge on any atom is -0.480 e. The number of carboxylic acids is 2. The number of nitrogens with zero attached hydrogens (tertiary/aromatic N) is 6. The number of amides is 1. The van der Waals surface area contributed by atoms with E-state index in [9.17, 15) is 24.4 Å². The Kier molecular flexibility index (Phi) is 7.61. The van der Waals surface area contributed by atoms with Crippen molar-refractivity contribution in [2.45, 2.75) is 45.0 Å². The lowest BCUT2D eigenvalue weighted by atomic mass is 9.78. The summed E-state index contributed by atoms with van der Waals surface area (Å²) in [7, 11) is -1.64. The average Bonchev–Trinajstić information content (AvgIpc) is 3.43. The van der Waals surface area contributed by atoms with E-state index in [4.69, 9.17) is 10.2 Å². The third-order valence-electron chi connectivity index (χ3n) is 5.27. The second-order valence-electron chi connectivity index (χ2n) is 7.59. The van der Waals surface area contributed by atoms with Crippen LogP contribution in [0.3, 0.4) is 0 Å². The summed E-state index contributed by atoms with van der Waals surface area (Å²) >= 11 is 0. The van der Waals surface area contributed by atoms with Crippen LogP contribution in [-0.2, 0) is 40.6 Å². The van der Waals surface area contributed by atoms with Crippen molar-refractivity contribution < 1.29 is 34.6 Å². The molecule has 0 aromatic carbocycles. The van der Waals surface area contributed by atoms with Crippen LogP contribution in [-0.4, -0.2) is 93.2 Å². The largest absolute Gasteiger partial charge is 0.480 e. The van der Waals surface area contributed by atoms with Gasteiger partial charge in [-0.2, -0.15) is 0 Å². The molecule has 1 unspecified atom stereocenters. The normalized spacial score (nSPS) is 16.0. The summed E-state index contributed by atoms with van der Waals surface area (Å²) in [5.74, 6) is -2.27. The highest BCUT2D eigenvalue weighted by Crippen LogP contribution is 2.19. The third kappa shape index (κ3) is 5.93. The van der Waals surface area contributed by atoms with Crippen LogP contribution in [0, 0.1) is 0 Å². The van der Waals surface area contributed by atoms with Crippen molar-refractivity contribution in [3.8, 4) is 0 Å². The van der Waals surface area contributed by atoms with Crippen LogP contribution in [0.4, 0.5) is 0 Å². The Bertz CT molecular complexity index is 905. The molecule has 2 aromatic heterocycles. The molecule has 0 bridgehead atoms. The maximum absolute atomic E-state index is 13.0. The van der Waals surface area contributed by atoms with E-state index in [2.05, 4.69) is 9.97 Å². The molecule has 3 rings (SSSR count). The van der Waals surface area contributed by atoms with Crippen molar-refractivity contribution in [1.82, 2.24) is 28.9 Å². The van der Waals surface area contributed by atoms with Crippen LogP contribution < -0.4 is 0 Å². The van der Waals surface area contributed by atoms with E-state index in [1.165, 1.54) is 38.8 Å². The molecule has 1 fully saturated rings. The van der Waals surface area contributed by atoms with Crippen molar-refractivity contribution in [3.05, 3.63) is 36.4 Å². The standard InChI is InChI=1S/C18H25BN6O7/c26-16(25-5-1-2-13(25)19(31)32)10-22(8-14-20-3-6-23(14)11-17(27)28)9-15-21-4-7-24(15)12-18(29)30/h3-4,6-7,13,31-32H,1-2,5,8-12H2,(H,27,28)(H,29,30). The zero-order chi connectivity index (χ0) is 23.3. The summed E-state index contributed by atoms with van der Waals surface area (Å²) < 4.78 is 2.89. The molecule has 172 valence electrons. The minimum absolute atomic E-state index is 0.103. The second kappa shape index (κ2) is 10.4. The van der Waals surface area contributed by atoms with Crippen LogP contribution in [0.1, 0.15) is 24.5 Å². The Morgan fingerprint density at radius 1 is 1.00 bits per heavy atom. The van der Waals surface area contributed by atoms with Gasteiger partial charge in [0.2, 0.25) is 5.91 Å². The first-order valence-electron chi connectivity index (χ1n) is 10.1. The van der Waals surface area contributed by atoms with E-state index in [-0.39, 0.29) is 38.6 Å². The molecule has 0 saturated carbocycles. The number of aromatic nitrogens is 4. The van der Waals surface area contributed by atoms with Crippen molar-refractivity contribution in [3.63, 3.8) is 0 Å². The number of hydrogen-bond donors (Lipinski definition) is 4. The maximum Gasteiger partial charge on any atom is 0.475 e. The quantitative estimate of drug-likeness (QED) is 0.289. The monoisotopic (exact) mass is 448 g/mol. The molecular weight excluding hydrogens is 423 g/mol. The molecule has 0 aliphatic carbocycles. The highest BCUT2D eigenvalue weighted by Gasteiger charge is 2.37. The van der Waals surface area contributed by atoms with Crippen molar-refractivity contribution in [1.29, 1.82) is 0 Å². The molecule has 1 atom stereocenters. The Labute approximate surface area is 183 Å². The zero-order valence-electron chi connectivity index (χ0n) is 17.3. The summed E-state index contributed by atoms with van der Waals surface area (Å²) in [6.45, 7) is -0.108. The number of imidazole rings is 2. The van der Waals surface area contributed by atoms with Gasteiger partial charge < -0.3 is 34.3 Å². The van der Waals surface area contributed by atoms with E-state index >= 15 is 0 Å². The molecule has 13 nitrogen and oxygen atoms in total. The van der Waals surface area contributed by atoms with Gasteiger partial charge in [0, 0.05) is 31.3 Å². The van der Waals surface area contributed by atoms with E-state index < -0.39 is 25.0 Å². The van der Waals surface area contributed by atoms with Gasteiger partial charge >= 0.3 is 19.1 Å². The van der Waals surface area contributed by atoms with Crippen LogP contribution in [0.5, 0.6) is 0 Å². The Balaban J connectivity index is 1.80. The first-order valence-corrected chi connectivity index (χ1v) is 10.1. The number of carbonyl (C=O) groups is 3. The summed E-state index contributed by atoms with van der Waals surface area (Å²) in [5.41, 5.74) is 0. The highest BCUT2D eigenvalue weighted by atomic mass is 16.4. The molecule has 0 spiro atoms. The topological polar surface area (TPSA) is 174 Å². The number of likely N-dealkylation sites (tertiary alicyclic amines) is 1. The number of carbonyl (C=O) groups excluding carboxylic acids is 1. The van der Waals surface area contributed by atoms with E-state index in [1.54, 1.807) is 4.90 Å². The lowest BCUT2D eigenvalue weighted by Crippen LogP contribution is -2.49. The molecule has 1 saturated heterocycles. The van der Waals surface area contributed by atoms with Crippen LogP contribution in [0.25, 0.3) is 0 Å². The second-order valence-corrected chi connectivity index (χ2v) is 7.59. The molecule has 0 radical (unpaired) electrons. The van der Waals surface area contributed by atoms with Gasteiger partial charge in [0.05, 0.1) is 25.6 Å². The van der Waals surface area contributed by atoms with Crippen molar-refractivity contribution in [2.24, 2.45) is 0 Å². The van der Waals surface area contributed by atoms with Gasteiger partial charge in [0.25, 0.3) is 0 Å². The van der Waals surface area contributed by atoms with Gasteiger partial charge in [-0.15, -0.1) is 0 Å². The van der Waals surface area contributed by atoms with Crippen molar-refractivity contribution in [2.75, 3.05) is 13.1 Å². The van der Waals surface area contributed by atoms with Gasteiger partial charge in [-0.05, 0) is 12.8 Å². The van der Waals surface area contributed by atoms with Gasteiger partial charge in [-0.3, -0.25) is 19.3 Å². The van der Waals surface area contributed by atoms with Crippen LogP contribution in [0.2, 0.25) is 0 Å². The number of rotatable bonds is 11. The zero-order valence-corrected chi connectivity index (χ0v) is 17.3. The fourth-order valence-electron chi connectivity index (χ4n) is 3.82. The van der Waals surface area contributed by atoms with E-state index in [1.807, 2.05) is 0 Å². The maximum atomic E-state index is 13.0. The first kappa shape index (κ1) is 23.4. The molecule has 14 heteroatoms. The molecule has 4 N–H and O–H groups in total. The van der Waals surface area contributed by atoms with Crippen molar-refractivity contribution >= 4 is 25.0 Å². The lowest BCUT2D eigenvalue weighted by Gasteiger charge is -2.28. The summed E-state index contributed by atoms with van der Waals surface area (Å²) in [6.07, 6.45) is 7.10. The lowest BCUT2D eigenvalue weighted by molar-refractivity contribution is -0.138. The number of aliphatic carboxylic acids is 2. The summed E-state index contributed by atoms with van der Waals surface area (Å²) in [4.78, 5) is 46.7. The molecule has 32 heavy (non-hydrogen) atoms. The summed E-state index contributed by atoms with van der Waals surface area (Å²) in [6, 6.07) is 0. The Morgan fingerprint density at radius 3 is 2.00 bits per heavy atom. The average molecular weight is 448 g/mol. The van der Waals surface area contributed by atoms with Gasteiger partial charge in [-0.25, -0.2) is 9.97 Å². The fourth-order valence-corrected chi connectivity index (χ4v) is 3.82. The minimum atomic E-state index is -1.64. The van der Waals surface area contributed by atoms with Gasteiger partial charge in [0.15, 0.2) is 0 Å². The van der Waals surface area contributed by atoms with Gasteiger partial charge in [0.1, 0.15) is 24.7 Å². The molecule has 1 aliphatic heterocycles. The molecule has 2 aromatic rings. The molecule has 1 aliphatic rings. The molecular formula is C18H25BN6O7. The van der Waals surface area contributed by atoms with Crippen LogP contribution in [0.15, 0.2) is 24.8 Å². The van der Waals surface area contributed by atoms with Gasteiger partial charge in [-0.1, -0.05) is 0 Å². The Hall–Kier alpha value is -3.23. The SMILES string of the molecule is O=C(O)Cn1ccnc1CN(CC(=O)N1CCCC1B(O)O)Cc1nccn1CC(=O)O. The van der Waals surface area contributed by atoms with Crippen LogP contribution >= 0.6 is 0 Å². The predicted octanol–water partition coefficient (Wildman–Crippen LogP) is -1.75. The third-order valence-corrected chi connectivity index (χ3v) is 5.27. The smallest absolute Gasteiger partial charge is 0.475 e. The summed E-state index contributed by atoms with van der Waals surface area (Å²) in [5, 5.41) is 37.3. The van der Waals surface area contributed by atoms with E-state index in [0.29, 0.717) is 31.0 Å². The predicted molar refractivity (Wildman–Crippen MR) is 109 cm³/mol. The molecule has 1 amide bonds. The fraction of sp³-hybridized carbons (Fsp3) is 0.500. The highest BCUT2D eigenvalue weighted by molar-refractivity contribution is 6.43. The molecule has 3 heterocycles. The number of hydrogen-bond acceptors (Lipinski definition) is 8. The number of carboxylic acid groups (broad SMARTS) is 2.